The minimum Gasteiger partial charge on any atom is -0.328 e. The van der Waals surface area contributed by atoms with E-state index >= 15 is 0 Å². The van der Waals surface area contributed by atoms with Crippen molar-refractivity contribution >= 4 is 12.4 Å². The van der Waals surface area contributed by atoms with Crippen LogP contribution in [0.15, 0.2) is 0 Å². The van der Waals surface area contributed by atoms with Crippen LogP contribution in [0.5, 0.6) is 0 Å². The van der Waals surface area contributed by atoms with E-state index in [1.54, 1.807) is 0 Å². The lowest BCUT2D eigenvalue weighted by Gasteiger charge is -2.15. The van der Waals surface area contributed by atoms with Gasteiger partial charge in [-0.15, -0.1) is 12.4 Å². The summed E-state index contributed by atoms with van der Waals surface area (Å²) in [6.07, 6.45) is 2.43. The second-order valence-corrected chi connectivity index (χ2v) is 2.44. The van der Waals surface area contributed by atoms with Crippen molar-refractivity contribution in [2.24, 2.45) is 11.7 Å². The molecule has 0 aliphatic rings. The molecular weight excluding hydrogens is 134 g/mol. The molecule has 0 aromatic carbocycles. The minimum absolute atomic E-state index is 0. The zero-order valence-corrected chi connectivity index (χ0v) is 7.37. The van der Waals surface area contributed by atoms with Crippen molar-refractivity contribution in [1.82, 2.24) is 0 Å². The summed E-state index contributed by atoms with van der Waals surface area (Å²) in [6.45, 7) is 6.46. The van der Waals surface area contributed by atoms with Crippen molar-refractivity contribution < 1.29 is 0 Å². The first kappa shape index (κ1) is 12.0. The Morgan fingerprint density at radius 2 is 1.56 bits per heavy atom. The molecule has 2 N–H and O–H groups in total. The zero-order valence-electron chi connectivity index (χ0n) is 6.55. The van der Waals surface area contributed by atoms with Gasteiger partial charge >= 0.3 is 0 Å². The van der Waals surface area contributed by atoms with Crippen LogP contribution in [0.25, 0.3) is 0 Å². The Bertz CT molecular complexity index is 50.9. The van der Waals surface area contributed by atoms with Crippen molar-refractivity contribution in [3.8, 4) is 0 Å². The van der Waals surface area contributed by atoms with E-state index in [2.05, 4.69) is 20.8 Å². The van der Waals surface area contributed by atoms with Gasteiger partial charge in [-0.1, -0.05) is 26.7 Å². The molecule has 0 fully saturated rings. The first-order valence-corrected chi connectivity index (χ1v) is 3.47. The van der Waals surface area contributed by atoms with Gasteiger partial charge in [-0.05, 0) is 12.8 Å². The normalized spacial score (nSPS) is 13.0. The van der Waals surface area contributed by atoms with Crippen LogP contribution in [0.1, 0.15) is 33.6 Å². The number of hydrogen-bond donors (Lipinski definition) is 1. The van der Waals surface area contributed by atoms with Gasteiger partial charge in [0.15, 0.2) is 0 Å². The summed E-state index contributed by atoms with van der Waals surface area (Å²) in [5, 5.41) is 0. The predicted molar refractivity (Wildman–Crippen MR) is 45.0 cm³/mol. The van der Waals surface area contributed by atoms with Crippen LogP contribution >= 0.6 is 12.4 Å². The van der Waals surface area contributed by atoms with Crippen LogP contribution in [0.4, 0.5) is 0 Å². The molecule has 1 atom stereocenters. The molecule has 0 heterocycles. The number of hydrogen-bond acceptors (Lipinski definition) is 1. The van der Waals surface area contributed by atoms with E-state index in [1.807, 2.05) is 0 Å². The van der Waals surface area contributed by atoms with Gasteiger partial charge in [0, 0.05) is 6.04 Å². The van der Waals surface area contributed by atoms with Crippen LogP contribution < -0.4 is 5.73 Å². The Labute approximate surface area is 64.4 Å². The molecule has 0 radical (unpaired) electrons. The molecule has 2 heteroatoms. The zero-order chi connectivity index (χ0) is 6.57. The molecule has 0 aromatic heterocycles. The lowest BCUT2D eigenvalue weighted by molar-refractivity contribution is 0.417. The SMILES string of the molecule is CCC(CC)[C@@H](C)N.Cl. The van der Waals surface area contributed by atoms with E-state index in [9.17, 15) is 0 Å². The third-order valence-electron chi connectivity index (χ3n) is 1.79. The van der Waals surface area contributed by atoms with Crippen LogP contribution in [-0.2, 0) is 0 Å². The minimum atomic E-state index is 0. The summed E-state index contributed by atoms with van der Waals surface area (Å²) in [5.41, 5.74) is 5.66. The third-order valence-corrected chi connectivity index (χ3v) is 1.79. The molecule has 0 saturated carbocycles. The Hall–Kier alpha value is 0.250. The molecule has 9 heavy (non-hydrogen) atoms. The highest BCUT2D eigenvalue weighted by Crippen LogP contribution is 2.09. The summed E-state index contributed by atoms with van der Waals surface area (Å²) in [6, 6.07) is 0.380. The van der Waals surface area contributed by atoms with Crippen molar-refractivity contribution in [1.29, 1.82) is 0 Å². The fraction of sp³-hybridized carbons (Fsp3) is 1.00. The van der Waals surface area contributed by atoms with Crippen molar-refractivity contribution in [2.45, 2.75) is 39.7 Å². The largest absolute Gasteiger partial charge is 0.328 e. The van der Waals surface area contributed by atoms with Gasteiger partial charge in [-0.2, -0.15) is 0 Å². The molecule has 0 aliphatic carbocycles. The van der Waals surface area contributed by atoms with E-state index in [0.717, 1.165) is 5.92 Å². The first-order chi connectivity index (χ1) is 3.72. The van der Waals surface area contributed by atoms with Crippen molar-refractivity contribution in [3.05, 3.63) is 0 Å². The topological polar surface area (TPSA) is 26.0 Å². The molecular formula is C7H18ClN. The molecule has 0 aromatic rings. The van der Waals surface area contributed by atoms with Crippen molar-refractivity contribution in [2.75, 3.05) is 0 Å². The molecule has 0 aliphatic heterocycles. The van der Waals surface area contributed by atoms with E-state index < -0.39 is 0 Å². The highest BCUT2D eigenvalue weighted by Gasteiger charge is 2.06. The Morgan fingerprint density at radius 1 is 1.22 bits per heavy atom. The highest BCUT2D eigenvalue weighted by molar-refractivity contribution is 5.85. The van der Waals surface area contributed by atoms with Gasteiger partial charge in [-0.25, -0.2) is 0 Å². The van der Waals surface area contributed by atoms with E-state index in [4.69, 9.17) is 5.73 Å². The Balaban J connectivity index is 0. The van der Waals surface area contributed by atoms with E-state index in [-0.39, 0.29) is 12.4 Å². The maximum absolute atomic E-state index is 5.66. The number of nitrogens with two attached hydrogens (primary N) is 1. The highest BCUT2D eigenvalue weighted by atomic mass is 35.5. The van der Waals surface area contributed by atoms with Gasteiger partial charge in [0.05, 0.1) is 0 Å². The Kier molecular flexibility index (Phi) is 8.48. The summed E-state index contributed by atoms with van der Waals surface area (Å²) in [4.78, 5) is 0. The second-order valence-electron chi connectivity index (χ2n) is 2.44. The molecule has 0 spiro atoms. The van der Waals surface area contributed by atoms with Gasteiger partial charge < -0.3 is 5.73 Å². The average Bonchev–Trinajstić information content (AvgIpc) is 1.69. The molecule has 0 bridgehead atoms. The van der Waals surface area contributed by atoms with E-state index in [1.165, 1.54) is 12.8 Å². The molecule has 0 rings (SSSR count). The molecule has 0 unspecified atom stereocenters. The fourth-order valence-electron chi connectivity index (χ4n) is 1.03. The van der Waals surface area contributed by atoms with Crippen LogP contribution in [0.3, 0.4) is 0 Å². The van der Waals surface area contributed by atoms with E-state index in [0.29, 0.717) is 6.04 Å². The lowest BCUT2D eigenvalue weighted by atomic mass is 9.97. The van der Waals surface area contributed by atoms with Crippen LogP contribution in [-0.4, -0.2) is 6.04 Å². The standard InChI is InChI=1S/C7H17N.ClH/c1-4-7(5-2)6(3)8;/h6-7H,4-5,8H2,1-3H3;1H/t6-;/m1./s1. The summed E-state index contributed by atoms with van der Waals surface area (Å²) in [5.74, 6) is 0.731. The molecule has 0 amide bonds. The van der Waals surface area contributed by atoms with Crippen LogP contribution in [0.2, 0.25) is 0 Å². The van der Waals surface area contributed by atoms with Crippen LogP contribution in [0, 0.1) is 5.92 Å². The molecule has 0 saturated heterocycles. The smallest absolute Gasteiger partial charge is 0.00385 e. The first-order valence-electron chi connectivity index (χ1n) is 3.47. The molecule has 58 valence electrons. The number of halogens is 1. The summed E-state index contributed by atoms with van der Waals surface area (Å²) in [7, 11) is 0. The fourth-order valence-corrected chi connectivity index (χ4v) is 1.03. The molecule has 1 nitrogen and oxygen atoms in total. The maximum Gasteiger partial charge on any atom is 0.00385 e. The average molecular weight is 152 g/mol. The monoisotopic (exact) mass is 151 g/mol. The van der Waals surface area contributed by atoms with Gasteiger partial charge in [0.1, 0.15) is 0 Å². The van der Waals surface area contributed by atoms with Gasteiger partial charge in [-0.3, -0.25) is 0 Å². The summed E-state index contributed by atoms with van der Waals surface area (Å²) < 4.78 is 0. The predicted octanol–water partition coefficient (Wildman–Crippen LogP) is 2.19. The van der Waals surface area contributed by atoms with Crippen molar-refractivity contribution in [3.63, 3.8) is 0 Å². The maximum atomic E-state index is 5.66. The number of rotatable bonds is 3. The quantitative estimate of drug-likeness (QED) is 0.658. The summed E-state index contributed by atoms with van der Waals surface area (Å²) >= 11 is 0. The second kappa shape index (κ2) is 6.37. The van der Waals surface area contributed by atoms with Gasteiger partial charge in [0.2, 0.25) is 0 Å². The third kappa shape index (κ3) is 4.73. The lowest BCUT2D eigenvalue weighted by Crippen LogP contribution is -2.25. The Morgan fingerprint density at radius 3 is 1.56 bits per heavy atom. The van der Waals surface area contributed by atoms with Gasteiger partial charge in [0.25, 0.3) is 0 Å².